The number of nitrogens with zero attached hydrogens (tertiary/aromatic N) is 3. The van der Waals surface area contributed by atoms with Gasteiger partial charge in [-0.1, -0.05) is 0 Å². The maximum atomic E-state index is 11.2. The number of sulfonamides is 1. The molecule has 1 fully saturated rings. The average molecular weight is 272 g/mol. The highest BCUT2D eigenvalue weighted by Crippen LogP contribution is 2.25. The Morgan fingerprint density at radius 1 is 1.44 bits per heavy atom. The number of anilines is 1. The van der Waals surface area contributed by atoms with Crippen molar-refractivity contribution in [2.75, 3.05) is 31.4 Å². The van der Waals surface area contributed by atoms with Crippen LogP contribution in [0.5, 0.6) is 5.88 Å². The van der Waals surface area contributed by atoms with Gasteiger partial charge in [0, 0.05) is 31.5 Å². The molecule has 0 amide bonds. The zero-order valence-corrected chi connectivity index (χ0v) is 11.1. The van der Waals surface area contributed by atoms with Crippen LogP contribution in [0.3, 0.4) is 0 Å². The molecule has 7 nitrogen and oxygen atoms in total. The quantitative estimate of drug-likeness (QED) is 0.804. The molecular weight excluding hydrogens is 256 g/mol. The lowest BCUT2D eigenvalue weighted by Crippen LogP contribution is -2.36. The molecule has 1 atom stereocenters. The summed E-state index contributed by atoms with van der Waals surface area (Å²) in [5.41, 5.74) is 0. The molecular formula is C10H16N4O3S. The van der Waals surface area contributed by atoms with Crippen LogP contribution in [0.2, 0.25) is 0 Å². The van der Waals surface area contributed by atoms with Crippen molar-refractivity contribution >= 4 is 15.8 Å². The number of aromatic nitrogens is 2. The van der Waals surface area contributed by atoms with E-state index in [2.05, 4.69) is 14.7 Å². The highest BCUT2D eigenvalue weighted by molar-refractivity contribution is 7.88. The molecule has 1 aliphatic heterocycles. The molecule has 1 N–H and O–H groups in total. The van der Waals surface area contributed by atoms with E-state index in [4.69, 9.17) is 4.74 Å². The molecule has 2 rings (SSSR count). The molecule has 0 bridgehead atoms. The first-order valence-corrected chi connectivity index (χ1v) is 7.46. The van der Waals surface area contributed by atoms with Crippen LogP contribution < -0.4 is 14.4 Å². The molecule has 0 aromatic carbocycles. The number of hydrogen-bond donors (Lipinski definition) is 1. The summed E-state index contributed by atoms with van der Waals surface area (Å²) in [5.74, 6) is 1.11. The Balaban J connectivity index is 2.09. The predicted octanol–water partition coefficient (Wildman–Crippen LogP) is -0.387. The fourth-order valence-corrected chi connectivity index (χ4v) is 2.83. The van der Waals surface area contributed by atoms with E-state index in [1.165, 1.54) is 13.4 Å². The van der Waals surface area contributed by atoms with Gasteiger partial charge in [0.05, 0.1) is 13.4 Å². The van der Waals surface area contributed by atoms with Gasteiger partial charge in [-0.3, -0.25) is 0 Å². The normalized spacial score (nSPS) is 20.1. The van der Waals surface area contributed by atoms with Gasteiger partial charge in [-0.25, -0.2) is 23.1 Å². The fraction of sp³-hybridized carbons (Fsp3) is 0.600. The van der Waals surface area contributed by atoms with E-state index in [9.17, 15) is 8.42 Å². The summed E-state index contributed by atoms with van der Waals surface area (Å²) in [4.78, 5) is 10.3. The lowest BCUT2D eigenvalue weighted by molar-refractivity contribution is 0.396. The molecule has 2 heterocycles. The van der Waals surface area contributed by atoms with Gasteiger partial charge in [0.25, 0.3) is 5.88 Å². The third-order valence-electron chi connectivity index (χ3n) is 2.71. The maximum absolute atomic E-state index is 11.2. The van der Waals surface area contributed by atoms with Crippen molar-refractivity contribution < 1.29 is 13.2 Å². The van der Waals surface area contributed by atoms with Crippen LogP contribution in [0.1, 0.15) is 6.42 Å². The second kappa shape index (κ2) is 5.07. The minimum Gasteiger partial charge on any atom is -0.478 e. The van der Waals surface area contributed by atoms with Gasteiger partial charge in [0.15, 0.2) is 5.82 Å². The Labute approximate surface area is 106 Å². The third kappa shape index (κ3) is 3.08. The van der Waals surface area contributed by atoms with E-state index in [1.807, 2.05) is 4.90 Å². The van der Waals surface area contributed by atoms with Crippen molar-refractivity contribution in [2.45, 2.75) is 12.5 Å². The van der Waals surface area contributed by atoms with Crippen molar-refractivity contribution in [3.05, 3.63) is 12.4 Å². The van der Waals surface area contributed by atoms with Crippen LogP contribution in [-0.4, -0.2) is 50.9 Å². The molecule has 8 heteroatoms. The largest absolute Gasteiger partial charge is 0.478 e. The molecule has 0 aliphatic carbocycles. The van der Waals surface area contributed by atoms with Crippen LogP contribution in [0, 0.1) is 0 Å². The summed E-state index contributed by atoms with van der Waals surface area (Å²) >= 11 is 0. The van der Waals surface area contributed by atoms with Gasteiger partial charge in [0.1, 0.15) is 0 Å². The van der Waals surface area contributed by atoms with Gasteiger partial charge in [-0.2, -0.15) is 0 Å². The topological polar surface area (TPSA) is 84.4 Å². The lowest BCUT2D eigenvalue weighted by Gasteiger charge is -2.18. The van der Waals surface area contributed by atoms with Crippen molar-refractivity contribution in [3.8, 4) is 5.88 Å². The van der Waals surface area contributed by atoms with E-state index in [0.717, 1.165) is 13.0 Å². The molecule has 0 spiro atoms. The molecule has 0 saturated carbocycles. The summed E-state index contributed by atoms with van der Waals surface area (Å²) < 4.78 is 30.1. The first-order chi connectivity index (χ1) is 8.49. The van der Waals surface area contributed by atoms with Crippen LogP contribution in [0.25, 0.3) is 0 Å². The molecule has 0 radical (unpaired) electrons. The van der Waals surface area contributed by atoms with Gasteiger partial charge in [-0.15, -0.1) is 0 Å². The molecule has 18 heavy (non-hydrogen) atoms. The van der Waals surface area contributed by atoms with E-state index in [-0.39, 0.29) is 6.04 Å². The summed E-state index contributed by atoms with van der Waals surface area (Å²) in [7, 11) is -1.64. The van der Waals surface area contributed by atoms with Crippen LogP contribution >= 0.6 is 0 Å². The Kier molecular flexibility index (Phi) is 3.67. The van der Waals surface area contributed by atoms with E-state index in [1.54, 1.807) is 12.4 Å². The van der Waals surface area contributed by atoms with E-state index < -0.39 is 10.0 Å². The first kappa shape index (κ1) is 13.0. The fourth-order valence-electron chi connectivity index (χ4n) is 2.03. The predicted molar refractivity (Wildman–Crippen MR) is 67.2 cm³/mol. The van der Waals surface area contributed by atoms with Crippen molar-refractivity contribution in [2.24, 2.45) is 0 Å². The third-order valence-corrected chi connectivity index (χ3v) is 3.47. The second-order valence-electron chi connectivity index (χ2n) is 4.21. The highest BCUT2D eigenvalue weighted by Gasteiger charge is 2.27. The zero-order chi connectivity index (χ0) is 13.2. The van der Waals surface area contributed by atoms with Crippen LogP contribution in [-0.2, 0) is 10.0 Å². The smallest absolute Gasteiger partial charge is 0.257 e. The van der Waals surface area contributed by atoms with Gasteiger partial charge >= 0.3 is 0 Å². The Bertz CT molecular complexity index is 520. The number of hydrogen-bond acceptors (Lipinski definition) is 6. The number of rotatable bonds is 4. The average Bonchev–Trinajstić information content (AvgIpc) is 2.75. The molecule has 1 saturated heterocycles. The monoisotopic (exact) mass is 272 g/mol. The summed E-state index contributed by atoms with van der Waals surface area (Å²) in [6, 6.07) is -0.0910. The standard InChI is InChI=1S/C10H16N4O3S/c1-17-10-9(11-4-5-12-10)14-6-3-8(7-14)13-18(2,15)16/h4-5,8,13H,3,6-7H2,1-2H3/t8-/m1/s1. The molecule has 0 unspecified atom stereocenters. The Hall–Kier alpha value is -1.41. The summed E-state index contributed by atoms with van der Waals surface area (Å²) in [6.45, 7) is 1.30. The number of nitrogens with one attached hydrogen (secondary N) is 1. The number of methoxy groups -OCH3 is 1. The molecule has 100 valence electrons. The van der Waals surface area contributed by atoms with Crippen LogP contribution in [0.15, 0.2) is 12.4 Å². The molecule has 1 aromatic heterocycles. The second-order valence-corrected chi connectivity index (χ2v) is 5.99. The first-order valence-electron chi connectivity index (χ1n) is 5.57. The van der Waals surface area contributed by atoms with Gasteiger partial charge in [0.2, 0.25) is 10.0 Å². The van der Waals surface area contributed by atoms with Gasteiger partial charge < -0.3 is 9.64 Å². The lowest BCUT2D eigenvalue weighted by atomic mass is 10.3. The highest BCUT2D eigenvalue weighted by atomic mass is 32.2. The SMILES string of the molecule is COc1nccnc1N1CC[C@@H](NS(C)(=O)=O)C1. The van der Waals surface area contributed by atoms with Crippen LogP contribution in [0.4, 0.5) is 5.82 Å². The summed E-state index contributed by atoms with van der Waals surface area (Å²) in [5, 5.41) is 0. The Morgan fingerprint density at radius 3 is 2.83 bits per heavy atom. The van der Waals surface area contributed by atoms with Crippen molar-refractivity contribution in [3.63, 3.8) is 0 Å². The maximum Gasteiger partial charge on any atom is 0.257 e. The molecule has 1 aromatic rings. The van der Waals surface area contributed by atoms with E-state index >= 15 is 0 Å². The van der Waals surface area contributed by atoms with Crippen molar-refractivity contribution in [1.82, 2.24) is 14.7 Å². The zero-order valence-electron chi connectivity index (χ0n) is 10.3. The Morgan fingerprint density at radius 2 is 2.17 bits per heavy atom. The molecule has 1 aliphatic rings. The van der Waals surface area contributed by atoms with E-state index in [0.29, 0.717) is 18.2 Å². The van der Waals surface area contributed by atoms with Gasteiger partial charge in [-0.05, 0) is 6.42 Å². The summed E-state index contributed by atoms with van der Waals surface area (Å²) in [6.07, 6.45) is 5.06. The minimum atomic E-state index is -3.17. The minimum absolute atomic E-state index is 0.0910. The number of ether oxygens (including phenoxy) is 1. The van der Waals surface area contributed by atoms with Crippen molar-refractivity contribution in [1.29, 1.82) is 0 Å².